The lowest BCUT2D eigenvalue weighted by Gasteiger charge is -2.13. The Labute approximate surface area is 175 Å². The second-order valence-corrected chi connectivity index (χ2v) is 7.92. The van der Waals surface area contributed by atoms with Crippen molar-refractivity contribution in [2.45, 2.75) is 25.3 Å². The predicted octanol–water partition coefficient (Wildman–Crippen LogP) is 4.28. The van der Waals surface area contributed by atoms with Crippen molar-refractivity contribution in [1.29, 1.82) is 0 Å². The molecule has 0 radical (unpaired) electrons. The van der Waals surface area contributed by atoms with E-state index in [1.54, 1.807) is 15.3 Å². The fourth-order valence-corrected chi connectivity index (χ4v) is 4.01. The molecule has 0 amide bonds. The van der Waals surface area contributed by atoms with Crippen LogP contribution in [0, 0.1) is 0 Å². The van der Waals surface area contributed by atoms with E-state index in [9.17, 15) is 4.79 Å². The zero-order valence-corrected chi connectivity index (χ0v) is 16.6. The van der Waals surface area contributed by atoms with Crippen molar-refractivity contribution in [2.24, 2.45) is 0 Å². The fourth-order valence-electron chi connectivity index (χ4n) is 3.81. The van der Waals surface area contributed by atoms with Crippen LogP contribution >= 0.6 is 11.6 Å². The Bertz CT molecular complexity index is 1480. The van der Waals surface area contributed by atoms with Crippen LogP contribution in [0.1, 0.15) is 30.2 Å². The Morgan fingerprint density at radius 3 is 2.63 bits per heavy atom. The monoisotopic (exact) mass is 417 g/mol. The molecule has 0 unspecified atom stereocenters. The number of halogens is 1. The zero-order valence-electron chi connectivity index (χ0n) is 15.8. The fraction of sp³-hybridized carbons (Fsp3) is 0.182. The second-order valence-electron chi connectivity index (χ2n) is 7.51. The van der Waals surface area contributed by atoms with Crippen molar-refractivity contribution < 1.29 is 4.52 Å². The summed E-state index contributed by atoms with van der Waals surface area (Å²) in [7, 11) is 0. The molecule has 1 aliphatic rings. The molecule has 0 N–H and O–H groups in total. The summed E-state index contributed by atoms with van der Waals surface area (Å²) in [5.74, 6) is 1.29. The molecule has 0 atom stereocenters. The largest absolute Gasteiger partial charge is 0.339 e. The summed E-state index contributed by atoms with van der Waals surface area (Å²) in [6, 6.07) is 15.3. The number of para-hydroxylation sites is 2. The molecule has 3 aromatic heterocycles. The van der Waals surface area contributed by atoms with Crippen LogP contribution in [0.2, 0.25) is 5.02 Å². The maximum absolute atomic E-state index is 13.6. The van der Waals surface area contributed by atoms with Crippen LogP contribution in [0.5, 0.6) is 0 Å². The number of imidazole rings is 1. The van der Waals surface area contributed by atoms with E-state index in [4.69, 9.17) is 16.1 Å². The van der Waals surface area contributed by atoms with E-state index in [1.165, 1.54) is 0 Å². The number of hydrogen-bond acceptors (Lipinski definition) is 5. The van der Waals surface area contributed by atoms with Gasteiger partial charge in [0.2, 0.25) is 11.7 Å². The molecule has 8 heteroatoms. The van der Waals surface area contributed by atoms with Gasteiger partial charge in [0, 0.05) is 10.9 Å². The molecule has 3 heterocycles. The topological polar surface area (TPSA) is 78.2 Å². The number of benzene rings is 2. The summed E-state index contributed by atoms with van der Waals surface area (Å²) < 4.78 is 8.91. The lowest BCUT2D eigenvalue weighted by atomic mass is 10.2. The SMILES string of the molecule is O=c1c2c(-c3noc(C4CC4)n3)ncn2c2ccccc2n1Cc1ccccc1Cl. The molecule has 0 bridgehead atoms. The van der Waals surface area contributed by atoms with Gasteiger partial charge in [0.25, 0.3) is 5.56 Å². The highest BCUT2D eigenvalue weighted by atomic mass is 35.5. The maximum atomic E-state index is 13.6. The highest BCUT2D eigenvalue weighted by Crippen LogP contribution is 2.39. The normalized spacial score (nSPS) is 14.0. The number of fused-ring (bicyclic) bond motifs is 3. The van der Waals surface area contributed by atoms with Crippen LogP contribution in [-0.4, -0.2) is 24.1 Å². The molecule has 148 valence electrons. The van der Waals surface area contributed by atoms with Gasteiger partial charge in [0.15, 0.2) is 0 Å². The maximum Gasteiger partial charge on any atom is 0.278 e. The van der Waals surface area contributed by atoms with E-state index in [0.29, 0.717) is 40.4 Å². The first-order valence-electron chi connectivity index (χ1n) is 9.76. The van der Waals surface area contributed by atoms with Crippen LogP contribution in [-0.2, 0) is 6.54 Å². The first-order valence-corrected chi connectivity index (χ1v) is 10.1. The van der Waals surface area contributed by atoms with Crippen molar-refractivity contribution in [3.63, 3.8) is 0 Å². The predicted molar refractivity (Wildman–Crippen MR) is 113 cm³/mol. The molecular formula is C22H16ClN5O2. The summed E-state index contributed by atoms with van der Waals surface area (Å²) in [5, 5.41) is 4.71. The van der Waals surface area contributed by atoms with Gasteiger partial charge in [0.1, 0.15) is 17.5 Å². The van der Waals surface area contributed by atoms with Crippen molar-refractivity contribution >= 4 is 28.2 Å². The number of aromatic nitrogens is 5. The molecule has 7 nitrogen and oxygen atoms in total. The molecule has 2 aromatic carbocycles. The van der Waals surface area contributed by atoms with Crippen molar-refractivity contribution in [3.8, 4) is 11.5 Å². The Morgan fingerprint density at radius 1 is 1.07 bits per heavy atom. The summed E-state index contributed by atoms with van der Waals surface area (Å²) in [6.07, 6.45) is 3.75. The smallest absolute Gasteiger partial charge is 0.278 e. The third-order valence-electron chi connectivity index (χ3n) is 5.51. The molecule has 1 fully saturated rings. The van der Waals surface area contributed by atoms with E-state index in [-0.39, 0.29) is 5.56 Å². The molecule has 0 saturated heterocycles. The van der Waals surface area contributed by atoms with Gasteiger partial charge in [-0.2, -0.15) is 4.98 Å². The summed E-state index contributed by atoms with van der Waals surface area (Å²) in [6.45, 7) is 0.347. The van der Waals surface area contributed by atoms with Gasteiger partial charge in [-0.25, -0.2) is 4.98 Å². The van der Waals surface area contributed by atoms with Gasteiger partial charge in [-0.15, -0.1) is 0 Å². The van der Waals surface area contributed by atoms with E-state index >= 15 is 0 Å². The average molecular weight is 418 g/mol. The summed E-state index contributed by atoms with van der Waals surface area (Å²) in [5.41, 5.74) is 3.19. The molecule has 5 aromatic rings. The molecular weight excluding hydrogens is 402 g/mol. The third-order valence-corrected chi connectivity index (χ3v) is 5.88. The van der Waals surface area contributed by atoms with Crippen LogP contribution < -0.4 is 5.56 Å². The van der Waals surface area contributed by atoms with Gasteiger partial charge < -0.3 is 9.09 Å². The van der Waals surface area contributed by atoms with Crippen LogP contribution in [0.4, 0.5) is 0 Å². The first-order chi connectivity index (χ1) is 14.7. The zero-order chi connectivity index (χ0) is 20.2. The molecule has 0 spiro atoms. The highest BCUT2D eigenvalue weighted by molar-refractivity contribution is 6.31. The number of hydrogen-bond donors (Lipinski definition) is 0. The number of rotatable bonds is 4. The summed E-state index contributed by atoms with van der Waals surface area (Å²) in [4.78, 5) is 22.6. The lowest BCUT2D eigenvalue weighted by molar-refractivity contribution is 0.380. The van der Waals surface area contributed by atoms with E-state index in [1.807, 2.05) is 48.5 Å². The molecule has 1 saturated carbocycles. The van der Waals surface area contributed by atoms with Gasteiger partial charge in [-0.05, 0) is 36.6 Å². The Kier molecular flexibility index (Phi) is 3.79. The number of nitrogens with zero attached hydrogens (tertiary/aromatic N) is 5. The minimum Gasteiger partial charge on any atom is -0.339 e. The van der Waals surface area contributed by atoms with Crippen LogP contribution in [0.15, 0.2) is 64.2 Å². The first kappa shape index (κ1) is 17.4. The van der Waals surface area contributed by atoms with Crippen molar-refractivity contribution in [3.05, 3.63) is 81.7 Å². The van der Waals surface area contributed by atoms with Gasteiger partial charge in [-0.1, -0.05) is 47.1 Å². The average Bonchev–Trinajstić information content (AvgIpc) is 3.32. The van der Waals surface area contributed by atoms with Gasteiger partial charge in [-0.3, -0.25) is 9.20 Å². The summed E-state index contributed by atoms with van der Waals surface area (Å²) >= 11 is 6.37. The second kappa shape index (κ2) is 6.53. The highest BCUT2D eigenvalue weighted by Gasteiger charge is 2.30. The minimum atomic E-state index is -0.182. The van der Waals surface area contributed by atoms with E-state index in [2.05, 4.69) is 15.1 Å². The standard InChI is InChI=1S/C22H16ClN5O2/c23-15-6-2-1-5-14(15)11-27-16-7-3-4-8-17(16)28-12-24-18(19(28)22(27)29)20-25-21(30-26-20)13-9-10-13/h1-8,12-13H,9-11H2. The Hall–Kier alpha value is -3.45. The molecule has 6 rings (SSSR count). The van der Waals surface area contributed by atoms with Gasteiger partial charge >= 0.3 is 0 Å². The van der Waals surface area contributed by atoms with E-state index in [0.717, 1.165) is 29.4 Å². The van der Waals surface area contributed by atoms with Crippen molar-refractivity contribution in [1.82, 2.24) is 24.1 Å². The van der Waals surface area contributed by atoms with Crippen LogP contribution in [0.25, 0.3) is 28.1 Å². The van der Waals surface area contributed by atoms with Gasteiger partial charge in [0.05, 0.1) is 17.6 Å². The molecule has 1 aliphatic carbocycles. The minimum absolute atomic E-state index is 0.182. The van der Waals surface area contributed by atoms with Crippen LogP contribution in [0.3, 0.4) is 0 Å². The Balaban J connectivity index is 1.61. The van der Waals surface area contributed by atoms with E-state index < -0.39 is 0 Å². The quantitative estimate of drug-likeness (QED) is 0.436. The van der Waals surface area contributed by atoms with Crippen molar-refractivity contribution in [2.75, 3.05) is 0 Å². The Morgan fingerprint density at radius 2 is 1.83 bits per heavy atom. The third kappa shape index (κ3) is 2.66. The molecule has 30 heavy (non-hydrogen) atoms. The molecule has 0 aliphatic heterocycles. The lowest BCUT2D eigenvalue weighted by Crippen LogP contribution is -2.23.